The van der Waals surface area contributed by atoms with Crippen molar-refractivity contribution in [3.8, 4) is 0 Å². The lowest BCUT2D eigenvalue weighted by Gasteiger charge is -2.26. The molecule has 1 aromatic heterocycles. The maximum Gasteiger partial charge on any atom is 0.266 e. The SMILES string of the molecule is Cc1ncsc1C(=O)N1CCC[C@H]1C[C@@H](O)c1ccccc1. The van der Waals surface area contributed by atoms with Crippen LogP contribution in [0.2, 0.25) is 0 Å². The molecule has 0 spiro atoms. The highest BCUT2D eigenvalue weighted by Crippen LogP contribution is 2.29. The van der Waals surface area contributed by atoms with Crippen LogP contribution in [0.15, 0.2) is 35.8 Å². The average molecular weight is 316 g/mol. The third-order valence-corrected chi connectivity index (χ3v) is 5.17. The molecule has 2 atom stereocenters. The van der Waals surface area contributed by atoms with Crippen molar-refractivity contribution >= 4 is 17.2 Å². The predicted molar refractivity (Wildman–Crippen MR) is 86.9 cm³/mol. The Kier molecular flexibility index (Phi) is 4.55. The Balaban J connectivity index is 1.71. The van der Waals surface area contributed by atoms with Crippen LogP contribution in [0.3, 0.4) is 0 Å². The van der Waals surface area contributed by atoms with Gasteiger partial charge in [0.15, 0.2) is 0 Å². The number of nitrogens with zero attached hydrogens (tertiary/aromatic N) is 2. The zero-order valence-electron chi connectivity index (χ0n) is 12.6. The average Bonchev–Trinajstić information content (AvgIpc) is 3.16. The Labute approximate surface area is 134 Å². The van der Waals surface area contributed by atoms with Gasteiger partial charge in [-0.2, -0.15) is 0 Å². The molecule has 0 bridgehead atoms. The third kappa shape index (κ3) is 3.05. The molecule has 22 heavy (non-hydrogen) atoms. The van der Waals surface area contributed by atoms with Gasteiger partial charge in [-0.15, -0.1) is 11.3 Å². The number of carbonyl (C=O) groups is 1. The summed E-state index contributed by atoms with van der Waals surface area (Å²) in [7, 11) is 0. The monoisotopic (exact) mass is 316 g/mol. The van der Waals surface area contributed by atoms with E-state index >= 15 is 0 Å². The maximum absolute atomic E-state index is 12.7. The molecule has 116 valence electrons. The van der Waals surface area contributed by atoms with E-state index < -0.39 is 6.10 Å². The molecule has 2 aromatic rings. The standard InChI is InChI=1S/C17H20N2O2S/c1-12-16(22-11-18-12)17(21)19-9-5-8-14(19)10-15(20)13-6-3-2-4-7-13/h2-4,6-7,11,14-15,20H,5,8-10H2,1H3/t14-,15+/m0/s1. The van der Waals surface area contributed by atoms with E-state index in [-0.39, 0.29) is 11.9 Å². The van der Waals surface area contributed by atoms with Gasteiger partial charge in [-0.3, -0.25) is 4.79 Å². The number of carbonyl (C=O) groups excluding carboxylic acids is 1. The Morgan fingerprint density at radius 3 is 2.91 bits per heavy atom. The predicted octanol–water partition coefficient (Wildman–Crippen LogP) is 3.18. The second kappa shape index (κ2) is 6.58. The van der Waals surface area contributed by atoms with Crippen molar-refractivity contribution in [2.24, 2.45) is 0 Å². The minimum Gasteiger partial charge on any atom is -0.388 e. The van der Waals surface area contributed by atoms with Crippen molar-refractivity contribution in [2.45, 2.75) is 38.3 Å². The number of aromatic nitrogens is 1. The number of likely N-dealkylation sites (tertiary alicyclic amines) is 1. The van der Waals surface area contributed by atoms with Crippen LogP contribution in [0.5, 0.6) is 0 Å². The van der Waals surface area contributed by atoms with Gasteiger partial charge in [0.05, 0.1) is 17.3 Å². The molecule has 2 heterocycles. The van der Waals surface area contributed by atoms with Gasteiger partial charge in [0.1, 0.15) is 4.88 Å². The van der Waals surface area contributed by atoms with Gasteiger partial charge in [-0.1, -0.05) is 30.3 Å². The number of aliphatic hydroxyl groups is 1. The number of aliphatic hydroxyl groups excluding tert-OH is 1. The molecule has 1 saturated heterocycles. The van der Waals surface area contributed by atoms with Crippen LogP contribution in [0, 0.1) is 6.92 Å². The number of hydrogen-bond acceptors (Lipinski definition) is 4. The smallest absolute Gasteiger partial charge is 0.266 e. The van der Waals surface area contributed by atoms with Crippen LogP contribution in [0.4, 0.5) is 0 Å². The van der Waals surface area contributed by atoms with E-state index in [1.807, 2.05) is 42.2 Å². The lowest BCUT2D eigenvalue weighted by Crippen LogP contribution is -2.36. The minimum absolute atomic E-state index is 0.0581. The van der Waals surface area contributed by atoms with E-state index in [0.29, 0.717) is 6.42 Å². The molecule has 0 aliphatic carbocycles. The molecule has 1 aliphatic rings. The highest BCUT2D eigenvalue weighted by Gasteiger charge is 2.32. The Morgan fingerprint density at radius 2 is 2.23 bits per heavy atom. The first kappa shape index (κ1) is 15.2. The lowest BCUT2D eigenvalue weighted by atomic mass is 10.0. The maximum atomic E-state index is 12.7. The number of hydrogen-bond donors (Lipinski definition) is 1. The molecule has 0 radical (unpaired) electrons. The van der Waals surface area contributed by atoms with Crippen molar-refractivity contribution in [1.82, 2.24) is 9.88 Å². The van der Waals surface area contributed by atoms with Crippen LogP contribution >= 0.6 is 11.3 Å². The van der Waals surface area contributed by atoms with Crippen molar-refractivity contribution in [1.29, 1.82) is 0 Å². The van der Waals surface area contributed by atoms with E-state index in [2.05, 4.69) is 4.98 Å². The minimum atomic E-state index is -0.526. The van der Waals surface area contributed by atoms with Crippen LogP contribution in [0.1, 0.15) is 46.3 Å². The van der Waals surface area contributed by atoms with Crippen molar-refractivity contribution < 1.29 is 9.90 Å². The van der Waals surface area contributed by atoms with E-state index in [1.165, 1.54) is 11.3 Å². The topological polar surface area (TPSA) is 53.4 Å². The van der Waals surface area contributed by atoms with E-state index in [4.69, 9.17) is 0 Å². The second-order valence-electron chi connectivity index (χ2n) is 5.72. The van der Waals surface area contributed by atoms with E-state index in [1.54, 1.807) is 5.51 Å². The molecule has 1 fully saturated rings. The number of thiazole rings is 1. The summed E-state index contributed by atoms with van der Waals surface area (Å²) in [6.45, 7) is 2.63. The number of aryl methyl sites for hydroxylation is 1. The number of benzene rings is 1. The quantitative estimate of drug-likeness (QED) is 0.942. The highest BCUT2D eigenvalue weighted by atomic mass is 32.1. The molecular formula is C17H20N2O2S. The largest absolute Gasteiger partial charge is 0.388 e. The molecule has 1 aliphatic heterocycles. The van der Waals surface area contributed by atoms with Crippen molar-refractivity contribution in [3.63, 3.8) is 0 Å². The molecular weight excluding hydrogens is 296 g/mol. The molecule has 1 N–H and O–H groups in total. The molecule has 1 amide bonds. The Bertz CT molecular complexity index is 641. The summed E-state index contributed by atoms with van der Waals surface area (Å²) in [6.07, 6.45) is 2.01. The fourth-order valence-electron chi connectivity index (χ4n) is 3.05. The summed E-state index contributed by atoms with van der Waals surface area (Å²) in [4.78, 5) is 19.5. The number of rotatable bonds is 4. The fraction of sp³-hybridized carbons (Fsp3) is 0.412. The first-order valence-electron chi connectivity index (χ1n) is 7.61. The summed E-state index contributed by atoms with van der Waals surface area (Å²) in [5.41, 5.74) is 3.42. The summed E-state index contributed by atoms with van der Waals surface area (Å²) >= 11 is 1.40. The van der Waals surface area contributed by atoms with Crippen LogP contribution < -0.4 is 0 Å². The first-order valence-corrected chi connectivity index (χ1v) is 8.49. The van der Waals surface area contributed by atoms with Gasteiger partial charge in [0, 0.05) is 12.6 Å². The first-order chi connectivity index (χ1) is 10.7. The van der Waals surface area contributed by atoms with E-state index in [0.717, 1.165) is 35.5 Å². The van der Waals surface area contributed by atoms with Crippen LogP contribution in [-0.4, -0.2) is 33.5 Å². The zero-order chi connectivity index (χ0) is 15.5. The summed E-state index contributed by atoms with van der Waals surface area (Å²) < 4.78 is 0. The molecule has 0 saturated carbocycles. The van der Waals surface area contributed by atoms with Gasteiger partial charge in [0.25, 0.3) is 5.91 Å². The highest BCUT2D eigenvalue weighted by molar-refractivity contribution is 7.11. The van der Waals surface area contributed by atoms with Crippen molar-refractivity contribution in [2.75, 3.05) is 6.54 Å². The zero-order valence-corrected chi connectivity index (χ0v) is 13.4. The third-order valence-electron chi connectivity index (χ3n) is 4.26. The van der Waals surface area contributed by atoms with Crippen molar-refractivity contribution in [3.05, 3.63) is 52.0 Å². The molecule has 1 aromatic carbocycles. The van der Waals surface area contributed by atoms with Gasteiger partial charge >= 0.3 is 0 Å². The molecule has 5 heteroatoms. The van der Waals surface area contributed by atoms with Gasteiger partial charge < -0.3 is 10.0 Å². The normalized spacial score (nSPS) is 19.4. The summed E-state index contributed by atoms with van der Waals surface area (Å²) in [6, 6.07) is 9.75. The fourth-order valence-corrected chi connectivity index (χ4v) is 3.81. The molecule has 4 nitrogen and oxygen atoms in total. The van der Waals surface area contributed by atoms with Crippen LogP contribution in [-0.2, 0) is 0 Å². The molecule has 0 unspecified atom stereocenters. The Hall–Kier alpha value is -1.72. The van der Waals surface area contributed by atoms with E-state index in [9.17, 15) is 9.90 Å². The number of amides is 1. The van der Waals surface area contributed by atoms with Crippen LogP contribution in [0.25, 0.3) is 0 Å². The van der Waals surface area contributed by atoms with Gasteiger partial charge in [0.2, 0.25) is 0 Å². The second-order valence-corrected chi connectivity index (χ2v) is 6.58. The lowest BCUT2D eigenvalue weighted by molar-refractivity contribution is 0.0671. The van der Waals surface area contributed by atoms with Gasteiger partial charge in [-0.25, -0.2) is 4.98 Å². The van der Waals surface area contributed by atoms with Gasteiger partial charge in [-0.05, 0) is 31.7 Å². The summed E-state index contributed by atoms with van der Waals surface area (Å²) in [5, 5.41) is 10.4. The molecule has 3 rings (SSSR count). The Morgan fingerprint density at radius 1 is 1.45 bits per heavy atom. The summed E-state index contributed by atoms with van der Waals surface area (Å²) in [5.74, 6) is 0.0581.